The van der Waals surface area contributed by atoms with Gasteiger partial charge in [-0.2, -0.15) is 0 Å². The molecule has 0 spiro atoms. The van der Waals surface area contributed by atoms with E-state index in [0.29, 0.717) is 0 Å². The fourth-order valence-corrected chi connectivity index (χ4v) is 2.13. The Bertz CT molecular complexity index is 452. The second-order valence-electron chi connectivity index (χ2n) is 5.36. The van der Waals surface area contributed by atoms with Crippen LogP contribution in [0.1, 0.15) is 32.3 Å². The highest BCUT2D eigenvalue weighted by Crippen LogP contribution is 2.25. The molecular weight excluding hydrogens is 224 g/mol. The van der Waals surface area contributed by atoms with Gasteiger partial charge in [0.2, 0.25) is 5.91 Å². The molecule has 0 radical (unpaired) electrons. The number of nitrogens with two attached hydrogens (primary N) is 1. The first kappa shape index (κ1) is 12.7. The van der Waals surface area contributed by atoms with Crippen LogP contribution in [0.3, 0.4) is 0 Å². The molecule has 0 saturated heterocycles. The van der Waals surface area contributed by atoms with E-state index in [1.807, 2.05) is 38.1 Å². The fourth-order valence-electron chi connectivity index (χ4n) is 2.13. The molecule has 0 unspecified atom stereocenters. The predicted molar refractivity (Wildman–Crippen MR) is 74.2 cm³/mol. The Balaban J connectivity index is 2.09. The molecule has 18 heavy (non-hydrogen) atoms. The van der Waals surface area contributed by atoms with Gasteiger partial charge in [0.05, 0.1) is 5.41 Å². The Labute approximate surface area is 108 Å². The third-order valence-electron chi connectivity index (χ3n) is 3.54. The molecule has 0 heterocycles. The molecule has 3 nitrogen and oxygen atoms in total. The zero-order chi connectivity index (χ0) is 13.2. The van der Waals surface area contributed by atoms with Crippen molar-refractivity contribution in [2.24, 2.45) is 0 Å². The van der Waals surface area contributed by atoms with E-state index in [-0.39, 0.29) is 11.9 Å². The number of benzene rings is 1. The highest BCUT2D eigenvalue weighted by atomic mass is 16.2. The molecule has 0 fully saturated rings. The van der Waals surface area contributed by atoms with Gasteiger partial charge in [0, 0.05) is 11.7 Å². The molecule has 96 valence electrons. The minimum Gasteiger partial charge on any atom is -0.399 e. The number of rotatable bonds is 3. The van der Waals surface area contributed by atoms with E-state index >= 15 is 0 Å². The van der Waals surface area contributed by atoms with Gasteiger partial charge in [-0.15, -0.1) is 0 Å². The molecule has 3 heteroatoms. The Morgan fingerprint density at radius 2 is 1.78 bits per heavy atom. The standard InChI is InChI=1S/C15H20N2O/c1-15(2,11-7-9-12(16)10-8-11)14(18)17-13-5-3-4-6-13/h3-4,7-10,13H,5-6,16H2,1-2H3,(H,17,18). The molecule has 1 aliphatic carbocycles. The summed E-state index contributed by atoms with van der Waals surface area (Å²) in [5.74, 6) is 0.0703. The number of hydrogen-bond acceptors (Lipinski definition) is 2. The monoisotopic (exact) mass is 244 g/mol. The van der Waals surface area contributed by atoms with Gasteiger partial charge in [-0.25, -0.2) is 0 Å². The van der Waals surface area contributed by atoms with Crippen LogP contribution in [-0.4, -0.2) is 11.9 Å². The average molecular weight is 244 g/mol. The Morgan fingerprint density at radius 3 is 2.33 bits per heavy atom. The molecule has 1 aromatic rings. The molecule has 0 saturated carbocycles. The summed E-state index contributed by atoms with van der Waals surface area (Å²) in [5, 5.41) is 3.10. The van der Waals surface area contributed by atoms with Gasteiger partial charge < -0.3 is 11.1 Å². The lowest BCUT2D eigenvalue weighted by atomic mass is 9.83. The lowest BCUT2D eigenvalue weighted by molar-refractivity contribution is -0.126. The Morgan fingerprint density at radius 1 is 1.22 bits per heavy atom. The number of nitrogen functional groups attached to an aromatic ring is 1. The van der Waals surface area contributed by atoms with E-state index in [9.17, 15) is 4.79 Å². The highest BCUT2D eigenvalue weighted by molar-refractivity contribution is 5.87. The van der Waals surface area contributed by atoms with Gasteiger partial charge in [0.15, 0.2) is 0 Å². The third kappa shape index (κ3) is 2.55. The quantitative estimate of drug-likeness (QED) is 0.633. The van der Waals surface area contributed by atoms with Crippen molar-refractivity contribution >= 4 is 11.6 Å². The third-order valence-corrected chi connectivity index (χ3v) is 3.54. The predicted octanol–water partition coefficient (Wildman–Crippen LogP) is 2.38. The van der Waals surface area contributed by atoms with Gasteiger partial charge in [-0.05, 0) is 44.4 Å². The minimum absolute atomic E-state index is 0.0703. The number of nitrogens with one attached hydrogen (secondary N) is 1. The number of carbonyl (C=O) groups is 1. The maximum Gasteiger partial charge on any atom is 0.230 e. The lowest BCUT2D eigenvalue weighted by Crippen LogP contribution is -2.44. The molecule has 3 N–H and O–H groups in total. The summed E-state index contributed by atoms with van der Waals surface area (Å²) in [7, 11) is 0. The molecule has 0 aliphatic heterocycles. The van der Waals surface area contributed by atoms with Crippen LogP contribution in [0.15, 0.2) is 36.4 Å². The van der Waals surface area contributed by atoms with E-state index in [1.54, 1.807) is 0 Å². The van der Waals surface area contributed by atoms with Crippen LogP contribution in [-0.2, 0) is 10.2 Å². The van der Waals surface area contributed by atoms with Crippen LogP contribution >= 0.6 is 0 Å². The second kappa shape index (κ2) is 4.84. The maximum absolute atomic E-state index is 12.3. The normalized spacial score (nSPS) is 15.9. The minimum atomic E-state index is -0.531. The van der Waals surface area contributed by atoms with Crippen molar-refractivity contribution in [2.75, 3.05) is 5.73 Å². The van der Waals surface area contributed by atoms with Crippen molar-refractivity contribution in [3.05, 3.63) is 42.0 Å². The molecule has 0 bridgehead atoms. The summed E-state index contributed by atoms with van der Waals surface area (Å²) >= 11 is 0. The van der Waals surface area contributed by atoms with Crippen molar-refractivity contribution in [2.45, 2.75) is 38.1 Å². The van der Waals surface area contributed by atoms with Crippen LogP contribution in [0.5, 0.6) is 0 Å². The van der Waals surface area contributed by atoms with Gasteiger partial charge in [-0.1, -0.05) is 24.3 Å². The molecule has 1 aromatic carbocycles. The largest absolute Gasteiger partial charge is 0.399 e. The molecular formula is C15H20N2O. The molecule has 0 aromatic heterocycles. The summed E-state index contributed by atoms with van der Waals surface area (Å²) in [6.45, 7) is 3.88. The molecule has 0 atom stereocenters. The van der Waals surface area contributed by atoms with Crippen LogP contribution < -0.4 is 11.1 Å². The van der Waals surface area contributed by atoms with Crippen molar-refractivity contribution in [1.29, 1.82) is 0 Å². The summed E-state index contributed by atoms with van der Waals surface area (Å²) in [4.78, 5) is 12.3. The highest BCUT2D eigenvalue weighted by Gasteiger charge is 2.31. The smallest absolute Gasteiger partial charge is 0.230 e. The van der Waals surface area contributed by atoms with E-state index in [1.165, 1.54) is 0 Å². The van der Waals surface area contributed by atoms with Gasteiger partial charge in [0.25, 0.3) is 0 Å². The van der Waals surface area contributed by atoms with Crippen LogP contribution in [0, 0.1) is 0 Å². The summed E-state index contributed by atoms with van der Waals surface area (Å²) < 4.78 is 0. The summed E-state index contributed by atoms with van der Waals surface area (Å²) in [6.07, 6.45) is 6.09. The molecule has 1 aliphatic rings. The number of carbonyl (C=O) groups excluding carboxylic acids is 1. The zero-order valence-electron chi connectivity index (χ0n) is 10.9. The van der Waals surface area contributed by atoms with Gasteiger partial charge in [-0.3, -0.25) is 4.79 Å². The Hall–Kier alpha value is -1.77. The number of anilines is 1. The van der Waals surface area contributed by atoms with E-state index < -0.39 is 5.41 Å². The molecule has 1 amide bonds. The fraction of sp³-hybridized carbons (Fsp3) is 0.400. The van der Waals surface area contributed by atoms with Gasteiger partial charge >= 0.3 is 0 Å². The summed E-state index contributed by atoms with van der Waals surface area (Å²) in [6, 6.07) is 7.76. The first-order valence-corrected chi connectivity index (χ1v) is 6.32. The van der Waals surface area contributed by atoms with Crippen molar-refractivity contribution < 1.29 is 4.79 Å². The SMILES string of the molecule is CC(C)(C(=O)NC1CC=CC1)c1ccc(N)cc1. The first-order chi connectivity index (χ1) is 8.50. The van der Waals surface area contributed by atoms with E-state index in [2.05, 4.69) is 17.5 Å². The topological polar surface area (TPSA) is 55.1 Å². The number of hydrogen-bond donors (Lipinski definition) is 2. The van der Waals surface area contributed by atoms with Crippen molar-refractivity contribution in [3.63, 3.8) is 0 Å². The summed E-state index contributed by atoms with van der Waals surface area (Å²) in [5.41, 5.74) is 6.84. The zero-order valence-corrected chi connectivity index (χ0v) is 10.9. The maximum atomic E-state index is 12.3. The Kier molecular flexibility index (Phi) is 3.41. The second-order valence-corrected chi connectivity index (χ2v) is 5.36. The van der Waals surface area contributed by atoms with Crippen molar-refractivity contribution in [1.82, 2.24) is 5.32 Å². The van der Waals surface area contributed by atoms with Gasteiger partial charge in [0.1, 0.15) is 0 Å². The average Bonchev–Trinajstić information content (AvgIpc) is 2.82. The van der Waals surface area contributed by atoms with Crippen LogP contribution in [0.2, 0.25) is 0 Å². The molecule has 2 rings (SSSR count). The van der Waals surface area contributed by atoms with Crippen LogP contribution in [0.4, 0.5) is 5.69 Å². The first-order valence-electron chi connectivity index (χ1n) is 6.32. The van der Waals surface area contributed by atoms with E-state index in [0.717, 1.165) is 24.1 Å². The lowest BCUT2D eigenvalue weighted by Gasteiger charge is -2.26. The van der Waals surface area contributed by atoms with Crippen molar-refractivity contribution in [3.8, 4) is 0 Å². The van der Waals surface area contributed by atoms with Crippen LogP contribution in [0.25, 0.3) is 0 Å². The number of amides is 1. The van der Waals surface area contributed by atoms with E-state index in [4.69, 9.17) is 5.73 Å².